The molecule has 1 saturated carbocycles. The van der Waals surface area contributed by atoms with Crippen molar-refractivity contribution in [2.45, 2.75) is 44.4 Å². The van der Waals surface area contributed by atoms with Gasteiger partial charge in [0.2, 0.25) is 0 Å². The average molecular weight is 261 g/mol. The van der Waals surface area contributed by atoms with Crippen LogP contribution < -0.4 is 5.32 Å². The first-order chi connectivity index (χ1) is 9.31. The van der Waals surface area contributed by atoms with Crippen LogP contribution in [0.1, 0.15) is 36.8 Å². The molecule has 0 aromatic heterocycles. The van der Waals surface area contributed by atoms with Crippen molar-refractivity contribution in [3.63, 3.8) is 0 Å². The molecule has 1 aliphatic carbocycles. The van der Waals surface area contributed by atoms with Gasteiger partial charge in [0.05, 0.1) is 19.8 Å². The quantitative estimate of drug-likeness (QED) is 0.818. The van der Waals surface area contributed by atoms with E-state index in [1.807, 2.05) is 0 Å². The smallest absolute Gasteiger partial charge is 0.105 e. The van der Waals surface area contributed by atoms with Crippen molar-refractivity contribution >= 4 is 0 Å². The molecular weight excluding hydrogens is 238 g/mol. The summed E-state index contributed by atoms with van der Waals surface area (Å²) < 4.78 is 10.8. The van der Waals surface area contributed by atoms with Crippen LogP contribution in [-0.4, -0.2) is 31.9 Å². The summed E-state index contributed by atoms with van der Waals surface area (Å²) in [6.45, 7) is 5.57. The molecule has 2 fully saturated rings. The van der Waals surface area contributed by atoms with E-state index in [0.29, 0.717) is 18.6 Å². The van der Waals surface area contributed by atoms with Gasteiger partial charge < -0.3 is 14.8 Å². The van der Waals surface area contributed by atoms with Crippen molar-refractivity contribution in [2.75, 3.05) is 19.8 Å². The summed E-state index contributed by atoms with van der Waals surface area (Å²) >= 11 is 0. The summed E-state index contributed by atoms with van der Waals surface area (Å²) in [5.74, 6) is 0.579. The number of rotatable bonds is 7. The van der Waals surface area contributed by atoms with Gasteiger partial charge in [-0.2, -0.15) is 0 Å². The van der Waals surface area contributed by atoms with E-state index in [2.05, 4.69) is 36.5 Å². The third-order valence-electron chi connectivity index (χ3n) is 3.93. The zero-order valence-electron chi connectivity index (χ0n) is 11.6. The first-order valence-electron chi connectivity index (χ1n) is 7.33. The highest BCUT2D eigenvalue weighted by atomic mass is 16.6. The van der Waals surface area contributed by atoms with Crippen LogP contribution in [0.5, 0.6) is 0 Å². The molecule has 3 heteroatoms. The Hall–Kier alpha value is -0.900. The van der Waals surface area contributed by atoms with Gasteiger partial charge in [-0.05, 0) is 29.9 Å². The lowest BCUT2D eigenvalue weighted by Gasteiger charge is -2.26. The lowest BCUT2D eigenvalue weighted by molar-refractivity contribution is -0.135. The maximum absolute atomic E-state index is 5.71. The molecule has 104 valence electrons. The van der Waals surface area contributed by atoms with Crippen LogP contribution >= 0.6 is 0 Å². The van der Waals surface area contributed by atoms with Crippen LogP contribution in [0.2, 0.25) is 0 Å². The third kappa shape index (κ3) is 3.78. The van der Waals surface area contributed by atoms with Crippen LogP contribution in [0, 0.1) is 0 Å². The van der Waals surface area contributed by atoms with E-state index < -0.39 is 0 Å². The highest BCUT2D eigenvalue weighted by molar-refractivity contribution is 5.25. The second-order valence-corrected chi connectivity index (χ2v) is 5.80. The number of hydrogen-bond acceptors (Lipinski definition) is 3. The fourth-order valence-electron chi connectivity index (χ4n) is 2.22. The van der Waals surface area contributed by atoms with Crippen molar-refractivity contribution in [3.8, 4) is 0 Å². The van der Waals surface area contributed by atoms with Gasteiger partial charge in [0.25, 0.3) is 0 Å². The van der Waals surface area contributed by atoms with Crippen molar-refractivity contribution < 1.29 is 9.47 Å². The van der Waals surface area contributed by atoms with E-state index in [0.717, 1.165) is 25.8 Å². The Labute approximate surface area is 115 Å². The second kappa shape index (κ2) is 6.04. The molecular formula is C16H23NO2. The summed E-state index contributed by atoms with van der Waals surface area (Å²) in [7, 11) is 0. The minimum absolute atomic E-state index is 0.307. The molecule has 0 radical (unpaired) electrons. The molecule has 0 bridgehead atoms. The number of hydrogen-bond donors (Lipinski definition) is 1. The van der Waals surface area contributed by atoms with Crippen molar-refractivity contribution in [3.05, 3.63) is 35.4 Å². The summed E-state index contributed by atoms with van der Waals surface area (Å²) in [6.07, 6.45) is 3.02. The molecule has 0 spiro atoms. The Morgan fingerprint density at radius 2 is 2.00 bits per heavy atom. The third-order valence-corrected chi connectivity index (χ3v) is 3.93. The Morgan fingerprint density at radius 1 is 1.26 bits per heavy atom. The minimum Gasteiger partial charge on any atom is -0.376 e. The van der Waals surface area contributed by atoms with Crippen LogP contribution in [0.4, 0.5) is 0 Å². The van der Waals surface area contributed by atoms with Gasteiger partial charge in [-0.25, -0.2) is 0 Å². The van der Waals surface area contributed by atoms with Crippen molar-refractivity contribution in [1.82, 2.24) is 5.32 Å². The zero-order chi connectivity index (χ0) is 13.1. The number of benzene rings is 1. The molecule has 1 aromatic rings. The number of nitrogens with one attached hydrogen (secondary N) is 1. The van der Waals surface area contributed by atoms with Crippen LogP contribution in [0.15, 0.2) is 24.3 Å². The molecule has 1 saturated heterocycles. The second-order valence-electron chi connectivity index (χ2n) is 5.80. The van der Waals surface area contributed by atoms with Crippen LogP contribution in [-0.2, 0) is 16.1 Å². The molecule has 1 atom stereocenters. The predicted molar refractivity (Wildman–Crippen MR) is 75.3 cm³/mol. The normalized spacial score (nSPS) is 21.1. The molecule has 1 aliphatic heterocycles. The SMILES string of the molecule is CC(CNC1CC1)c1ccc(COC2COC2)cc1. The predicted octanol–water partition coefficient (Wildman–Crippen LogP) is 2.46. The first kappa shape index (κ1) is 13.1. The highest BCUT2D eigenvalue weighted by Crippen LogP contribution is 2.21. The molecule has 3 rings (SSSR count). The maximum Gasteiger partial charge on any atom is 0.105 e. The standard InChI is InChI=1S/C16H23NO2/c1-12(8-17-15-6-7-15)14-4-2-13(3-5-14)9-19-16-10-18-11-16/h2-5,12,15-17H,6-11H2,1H3. The Balaban J connectivity index is 1.46. The largest absolute Gasteiger partial charge is 0.376 e. The lowest BCUT2D eigenvalue weighted by atomic mass is 10.00. The van der Waals surface area contributed by atoms with Crippen LogP contribution in [0.25, 0.3) is 0 Å². The van der Waals surface area contributed by atoms with Crippen LogP contribution in [0.3, 0.4) is 0 Å². The summed E-state index contributed by atoms with van der Waals surface area (Å²) in [4.78, 5) is 0. The summed E-state index contributed by atoms with van der Waals surface area (Å²) in [5, 5.41) is 3.59. The topological polar surface area (TPSA) is 30.5 Å². The zero-order valence-corrected chi connectivity index (χ0v) is 11.6. The first-order valence-corrected chi connectivity index (χ1v) is 7.33. The van der Waals surface area contributed by atoms with Crippen molar-refractivity contribution in [2.24, 2.45) is 0 Å². The summed E-state index contributed by atoms with van der Waals surface area (Å²) in [5.41, 5.74) is 2.65. The van der Waals surface area contributed by atoms with E-state index in [1.54, 1.807) is 0 Å². The monoisotopic (exact) mass is 261 g/mol. The lowest BCUT2D eigenvalue weighted by Crippen LogP contribution is -2.35. The molecule has 1 heterocycles. The van der Waals surface area contributed by atoms with E-state index in [4.69, 9.17) is 9.47 Å². The molecule has 2 aliphatic rings. The maximum atomic E-state index is 5.71. The van der Waals surface area contributed by atoms with E-state index >= 15 is 0 Å². The minimum atomic E-state index is 0.307. The van der Waals surface area contributed by atoms with Gasteiger partial charge in [0, 0.05) is 12.6 Å². The molecule has 0 amide bonds. The highest BCUT2D eigenvalue weighted by Gasteiger charge is 2.21. The molecule has 1 unspecified atom stereocenters. The van der Waals surface area contributed by atoms with Gasteiger partial charge in [-0.3, -0.25) is 0 Å². The number of ether oxygens (including phenoxy) is 2. The average Bonchev–Trinajstić information content (AvgIpc) is 3.19. The van der Waals surface area contributed by atoms with E-state index in [9.17, 15) is 0 Å². The van der Waals surface area contributed by atoms with Crippen molar-refractivity contribution in [1.29, 1.82) is 0 Å². The molecule has 19 heavy (non-hydrogen) atoms. The van der Waals surface area contributed by atoms with Gasteiger partial charge in [0.15, 0.2) is 0 Å². The van der Waals surface area contributed by atoms with Gasteiger partial charge in [0.1, 0.15) is 6.10 Å². The van der Waals surface area contributed by atoms with E-state index in [-0.39, 0.29) is 0 Å². The van der Waals surface area contributed by atoms with Gasteiger partial charge >= 0.3 is 0 Å². The fourth-order valence-corrected chi connectivity index (χ4v) is 2.22. The Kier molecular flexibility index (Phi) is 4.16. The van der Waals surface area contributed by atoms with Gasteiger partial charge in [-0.15, -0.1) is 0 Å². The molecule has 1 N–H and O–H groups in total. The van der Waals surface area contributed by atoms with Gasteiger partial charge in [-0.1, -0.05) is 31.2 Å². The summed E-state index contributed by atoms with van der Waals surface area (Å²) in [6, 6.07) is 9.62. The Morgan fingerprint density at radius 3 is 2.58 bits per heavy atom. The van der Waals surface area contributed by atoms with E-state index in [1.165, 1.54) is 24.0 Å². The fraction of sp³-hybridized carbons (Fsp3) is 0.625. The molecule has 3 nitrogen and oxygen atoms in total. The Bertz CT molecular complexity index is 396. The molecule has 1 aromatic carbocycles.